The first kappa shape index (κ1) is 21.0. The highest BCUT2D eigenvalue weighted by Crippen LogP contribution is 2.40. The van der Waals surface area contributed by atoms with Gasteiger partial charge in [0, 0.05) is 37.4 Å². The third kappa shape index (κ3) is 3.88. The zero-order valence-electron chi connectivity index (χ0n) is 16.9. The van der Waals surface area contributed by atoms with Crippen molar-refractivity contribution in [1.82, 2.24) is 24.2 Å². The molecule has 3 aromatic rings. The van der Waals surface area contributed by atoms with Crippen LogP contribution in [-0.4, -0.2) is 66.4 Å². The van der Waals surface area contributed by atoms with Gasteiger partial charge < -0.3 is 15.4 Å². The van der Waals surface area contributed by atoms with Crippen LogP contribution in [0.3, 0.4) is 0 Å². The number of thiophene rings is 1. The van der Waals surface area contributed by atoms with Crippen molar-refractivity contribution >= 4 is 44.6 Å². The lowest BCUT2D eigenvalue weighted by Gasteiger charge is -2.31. The molecule has 0 bridgehead atoms. The van der Waals surface area contributed by atoms with Crippen LogP contribution in [0.4, 0.5) is 11.8 Å². The molecular formula is C18H23N7O3S2. The molecule has 0 aliphatic carbocycles. The Labute approximate surface area is 180 Å². The minimum atomic E-state index is -2.10. The van der Waals surface area contributed by atoms with E-state index in [9.17, 15) is 8.76 Å². The first-order valence-corrected chi connectivity index (χ1v) is 11.2. The Hall–Kier alpha value is -2.25. The van der Waals surface area contributed by atoms with Gasteiger partial charge in [0.1, 0.15) is 0 Å². The van der Waals surface area contributed by atoms with E-state index in [2.05, 4.69) is 14.9 Å². The van der Waals surface area contributed by atoms with Crippen LogP contribution in [0.5, 0.6) is 0 Å². The van der Waals surface area contributed by atoms with Gasteiger partial charge in [0.25, 0.3) is 0 Å². The van der Waals surface area contributed by atoms with Crippen LogP contribution in [0.25, 0.3) is 21.6 Å². The smallest absolute Gasteiger partial charge is 0.235 e. The monoisotopic (exact) mass is 449 g/mol. The minimum absolute atomic E-state index is 0.188. The van der Waals surface area contributed by atoms with Crippen molar-refractivity contribution in [3.8, 4) is 11.4 Å². The fourth-order valence-corrected chi connectivity index (χ4v) is 4.94. The van der Waals surface area contributed by atoms with Gasteiger partial charge in [-0.2, -0.15) is 4.31 Å². The number of nitrogens with two attached hydrogens (primary N) is 1. The van der Waals surface area contributed by atoms with Crippen molar-refractivity contribution < 1.29 is 13.5 Å². The number of morpholine rings is 1. The fraction of sp³-hybridized carbons (Fsp3) is 0.444. The molecule has 0 saturated carbocycles. The average Bonchev–Trinajstić information content (AvgIpc) is 3.18. The molecule has 1 atom stereocenters. The molecule has 30 heavy (non-hydrogen) atoms. The summed E-state index contributed by atoms with van der Waals surface area (Å²) in [4.78, 5) is 20.8. The van der Waals surface area contributed by atoms with Crippen molar-refractivity contribution in [3.05, 3.63) is 23.3 Å². The molecule has 4 rings (SSSR count). The molecule has 0 radical (unpaired) electrons. The van der Waals surface area contributed by atoms with E-state index in [1.54, 1.807) is 19.4 Å². The summed E-state index contributed by atoms with van der Waals surface area (Å²) < 4.78 is 29.1. The van der Waals surface area contributed by atoms with Crippen LogP contribution < -0.4 is 10.6 Å². The van der Waals surface area contributed by atoms with Crippen molar-refractivity contribution in [1.29, 1.82) is 0 Å². The summed E-state index contributed by atoms with van der Waals surface area (Å²) in [5.74, 6) is 1.51. The number of nitrogen functional groups attached to an aromatic ring is 1. The summed E-state index contributed by atoms with van der Waals surface area (Å²) in [7, 11) is 1.62. The van der Waals surface area contributed by atoms with E-state index in [1.807, 2.05) is 19.9 Å². The molecule has 10 nitrogen and oxygen atoms in total. The molecular weight excluding hydrogens is 426 g/mol. The molecule has 12 heteroatoms. The first-order valence-electron chi connectivity index (χ1n) is 9.35. The number of hydrogen-bond acceptors (Lipinski definition) is 9. The van der Waals surface area contributed by atoms with Crippen LogP contribution in [0.15, 0.2) is 18.5 Å². The topological polar surface area (TPSA) is 131 Å². The predicted octanol–water partition coefficient (Wildman–Crippen LogP) is 1.87. The molecule has 1 saturated heterocycles. The summed E-state index contributed by atoms with van der Waals surface area (Å²) >= 11 is -0.569. The summed E-state index contributed by atoms with van der Waals surface area (Å²) in [6.45, 7) is 6.51. The fourth-order valence-electron chi connectivity index (χ4n) is 3.14. The summed E-state index contributed by atoms with van der Waals surface area (Å²) in [6.07, 6.45) is 3.21. The SMILES string of the molecule is CN(S(=O)O)C(C)(C)c1cc2nc(-c3cnc(N)nc3)nc(N3CCOCC3)c2s1. The predicted molar refractivity (Wildman–Crippen MR) is 117 cm³/mol. The highest BCUT2D eigenvalue weighted by atomic mass is 32.2. The van der Waals surface area contributed by atoms with E-state index < -0.39 is 16.8 Å². The van der Waals surface area contributed by atoms with Crippen molar-refractivity contribution in [2.45, 2.75) is 19.4 Å². The first-order chi connectivity index (χ1) is 14.3. The van der Waals surface area contributed by atoms with Gasteiger partial charge in [-0.1, -0.05) is 0 Å². The number of rotatable bonds is 5. The molecule has 0 spiro atoms. The zero-order valence-corrected chi connectivity index (χ0v) is 18.5. The van der Waals surface area contributed by atoms with Gasteiger partial charge in [-0.3, -0.25) is 4.55 Å². The maximum Gasteiger partial charge on any atom is 0.235 e. The van der Waals surface area contributed by atoms with Gasteiger partial charge in [0.15, 0.2) is 11.6 Å². The van der Waals surface area contributed by atoms with Gasteiger partial charge in [-0.15, -0.1) is 11.3 Å². The number of hydrogen-bond donors (Lipinski definition) is 2. The second kappa shape index (κ2) is 8.12. The van der Waals surface area contributed by atoms with Crippen molar-refractivity contribution in [3.63, 3.8) is 0 Å². The number of aromatic nitrogens is 4. The molecule has 1 unspecified atom stereocenters. The maximum absolute atomic E-state index is 11.7. The van der Waals surface area contributed by atoms with E-state index in [-0.39, 0.29) is 5.95 Å². The van der Waals surface area contributed by atoms with Crippen molar-refractivity contribution in [2.24, 2.45) is 0 Å². The van der Waals surface area contributed by atoms with Gasteiger partial charge in [-0.25, -0.2) is 24.1 Å². The van der Waals surface area contributed by atoms with Crippen LogP contribution in [0.1, 0.15) is 18.7 Å². The molecule has 1 fully saturated rings. The molecule has 3 N–H and O–H groups in total. The van der Waals surface area contributed by atoms with E-state index in [0.717, 1.165) is 34.0 Å². The molecule has 1 aliphatic rings. The maximum atomic E-state index is 11.7. The van der Waals surface area contributed by atoms with Crippen molar-refractivity contribution in [2.75, 3.05) is 44.0 Å². The minimum Gasteiger partial charge on any atom is -0.378 e. The van der Waals surface area contributed by atoms with Gasteiger partial charge in [-0.05, 0) is 19.9 Å². The molecule has 160 valence electrons. The van der Waals surface area contributed by atoms with E-state index in [4.69, 9.17) is 20.4 Å². The van der Waals surface area contributed by atoms with Crippen LogP contribution in [0, 0.1) is 0 Å². The summed E-state index contributed by atoms with van der Waals surface area (Å²) in [5, 5.41) is 0. The number of fused-ring (bicyclic) bond motifs is 1. The van der Waals surface area contributed by atoms with E-state index in [0.29, 0.717) is 24.6 Å². The largest absolute Gasteiger partial charge is 0.378 e. The summed E-state index contributed by atoms with van der Waals surface area (Å²) in [5.41, 5.74) is 6.38. The second-order valence-corrected chi connectivity index (χ2v) is 9.47. The van der Waals surface area contributed by atoms with Gasteiger partial charge in [0.2, 0.25) is 17.2 Å². The molecule has 3 aromatic heterocycles. The lowest BCUT2D eigenvalue weighted by Crippen LogP contribution is -2.38. The second-order valence-electron chi connectivity index (χ2n) is 7.41. The third-order valence-electron chi connectivity index (χ3n) is 5.22. The Bertz CT molecular complexity index is 1080. The third-order valence-corrected chi connectivity index (χ3v) is 7.58. The lowest BCUT2D eigenvalue weighted by molar-refractivity contribution is 0.122. The quantitative estimate of drug-likeness (QED) is 0.560. The molecule has 1 aliphatic heterocycles. The van der Waals surface area contributed by atoms with Crippen LogP contribution in [0.2, 0.25) is 0 Å². The van der Waals surface area contributed by atoms with Gasteiger partial charge in [0.05, 0.1) is 34.5 Å². The molecule has 4 heterocycles. The standard InChI is InChI=1S/C18H23N7O3S2/c1-18(2,24(3)30(26)27)13-8-12-14(29-13)16(25-4-6-28-7-5-25)23-15(22-12)11-9-20-17(19)21-10-11/h8-10H,4-7H2,1-3H3,(H,26,27)(H2,19,20,21). The number of ether oxygens (including phenoxy) is 1. The van der Waals surface area contributed by atoms with E-state index >= 15 is 0 Å². The Kier molecular flexibility index (Phi) is 5.68. The zero-order chi connectivity index (χ0) is 21.5. The number of nitrogens with zero attached hydrogens (tertiary/aromatic N) is 6. The molecule has 0 aromatic carbocycles. The Morgan fingerprint density at radius 2 is 1.93 bits per heavy atom. The van der Waals surface area contributed by atoms with Crippen LogP contribution in [-0.2, 0) is 21.5 Å². The Morgan fingerprint density at radius 3 is 2.57 bits per heavy atom. The number of anilines is 2. The molecule has 0 amide bonds. The Morgan fingerprint density at radius 1 is 1.27 bits per heavy atom. The van der Waals surface area contributed by atoms with Crippen LogP contribution >= 0.6 is 11.3 Å². The average molecular weight is 450 g/mol. The van der Waals surface area contributed by atoms with E-state index in [1.165, 1.54) is 15.6 Å². The highest BCUT2D eigenvalue weighted by molar-refractivity contribution is 7.76. The lowest BCUT2D eigenvalue weighted by atomic mass is 10.0. The normalized spacial score (nSPS) is 16.4. The highest BCUT2D eigenvalue weighted by Gasteiger charge is 2.32. The summed E-state index contributed by atoms with van der Waals surface area (Å²) in [6, 6.07) is 1.96. The Balaban J connectivity index is 1.87. The van der Waals surface area contributed by atoms with Gasteiger partial charge >= 0.3 is 0 Å².